The molecular weight excluding hydrogens is 501 g/mol. The Labute approximate surface area is 228 Å². The first-order valence-electron chi connectivity index (χ1n) is 13.1. The first-order chi connectivity index (χ1) is 18.6. The molecule has 2 amide bonds. The van der Waals surface area contributed by atoms with Gasteiger partial charge in [-0.2, -0.15) is 4.80 Å². The van der Waals surface area contributed by atoms with E-state index >= 15 is 0 Å². The van der Waals surface area contributed by atoms with Gasteiger partial charge in [0.2, 0.25) is 17.6 Å². The third-order valence-electron chi connectivity index (χ3n) is 6.36. The van der Waals surface area contributed by atoms with Gasteiger partial charge in [-0.15, -0.1) is 10.2 Å². The zero-order valence-electron chi connectivity index (χ0n) is 22.9. The summed E-state index contributed by atoms with van der Waals surface area (Å²) < 4.78 is 18.8. The number of nitrogens with zero attached hydrogens (tertiary/aromatic N) is 6. The molecule has 39 heavy (non-hydrogen) atoms. The number of carbonyl (C=O) groups is 2. The zero-order valence-corrected chi connectivity index (χ0v) is 22.9. The van der Waals surface area contributed by atoms with Crippen molar-refractivity contribution in [3.8, 4) is 11.4 Å². The Hall–Kier alpha value is -3.70. The van der Waals surface area contributed by atoms with E-state index in [1.165, 1.54) is 16.9 Å². The van der Waals surface area contributed by atoms with Crippen LogP contribution in [0, 0.1) is 12.7 Å². The molecule has 0 spiro atoms. The number of ether oxygens (including phenoxy) is 1. The number of morpholine rings is 1. The number of hydrogen-bond donors (Lipinski definition) is 1. The van der Waals surface area contributed by atoms with Gasteiger partial charge in [0.1, 0.15) is 18.4 Å². The molecule has 208 valence electrons. The first kappa shape index (κ1) is 28.3. The van der Waals surface area contributed by atoms with E-state index in [9.17, 15) is 14.0 Å². The van der Waals surface area contributed by atoms with Crippen molar-refractivity contribution in [1.82, 2.24) is 35.3 Å². The highest BCUT2D eigenvalue weighted by Gasteiger charge is 2.34. The summed E-state index contributed by atoms with van der Waals surface area (Å²) in [5, 5.41) is 15.5. The third kappa shape index (κ3) is 7.90. The lowest BCUT2D eigenvalue weighted by atomic mass is 10.0. The number of hydrogen-bond acceptors (Lipinski definition) is 7. The van der Waals surface area contributed by atoms with Crippen molar-refractivity contribution in [2.75, 3.05) is 39.4 Å². The highest BCUT2D eigenvalue weighted by Crippen LogP contribution is 2.24. The molecule has 2 heterocycles. The Kier molecular flexibility index (Phi) is 9.03. The molecule has 0 bridgehead atoms. The zero-order chi connectivity index (χ0) is 28.0. The third-order valence-corrected chi connectivity index (χ3v) is 6.36. The molecule has 0 saturated carbocycles. The van der Waals surface area contributed by atoms with Crippen molar-refractivity contribution in [1.29, 1.82) is 0 Å². The number of carbonyl (C=O) groups excluding carboxylic acids is 2. The van der Waals surface area contributed by atoms with E-state index in [4.69, 9.17) is 4.74 Å². The van der Waals surface area contributed by atoms with Gasteiger partial charge < -0.3 is 15.0 Å². The van der Waals surface area contributed by atoms with Gasteiger partial charge in [-0.05, 0) is 62.7 Å². The number of aromatic nitrogens is 4. The van der Waals surface area contributed by atoms with Gasteiger partial charge in [0, 0.05) is 37.3 Å². The van der Waals surface area contributed by atoms with Crippen molar-refractivity contribution < 1.29 is 18.7 Å². The lowest BCUT2D eigenvalue weighted by molar-refractivity contribution is -0.142. The molecule has 1 aromatic heterocycles. The molecule has 10 nitrogen and oxygen atoms in total. The number of aryl methyl sites for hydroxylation is 1. The molecule has 1 atom stereocenters. The average Bonchev–Trinajstić information content (AvgIpc) is 3.35. The molecule has 1 N–H and O–H groups in total. The second kappa shape index (κ2) is 12.4. The Morgan fingerprint density at radius 2 is 1.74 bits per heavy atom. The predicted molar refractivity (Wildman–Crippen MR) is 144 cm³/mol. The van der Waals surface area contributed by atoms with Crippen LogP contribution in [0.5, 0.6) is 0 Å². The Morgan fingerprint density at radius 1 is 1.08 bits per heavy atom. The molecule has 0 aliphatic carbocycles. The molecule has 1 saturated heterocycles. The topological polar surface area (TPSA) is 105 Å². The van der Waals surface area contributed by atoms with Gasteiger partial charge in [0.25, 0.3) is 0 Å². The molecule has 3 aromatic rings. The quantitative estimate of drug-likeness (QED) is 0.447. The number of benzene rings is 2. The summed E-state index contributed by atoms with van der Waals surface area (Å²) >= 11 is 0. The van der Waals surface area contributed by atoms with Crippen LogP contribution in [0.3, 0.4) is 0 Å². The van der Waals surface area contributed by atoms with Crippen LogP contribution in [0.4, 0.5) is 4.39 Å². The minimum absolute atomic E-state index is 0.206. The van der Waals surface area contributed by atoms with Gasteiger partial charge in [-0.1, -0.05) is 29.8 Å². The first-order valence-corrected chi connectivity index (χ1v) is 13.1. The van der Waals surface area contributed by atoms with Crippen LogP contribution in [0.1, 0.15) is 37.9 Å². The van der Waals surface area contributed by atoms with Crippen LogP contribution < -0.4 is 5.32 Å². The van der Waals surface area contributed by atoms with Crippen LogP contribution in [0.25, 0.3) is 11.4 Å². The summed E-state index contributed by atoms with van der Waals surface area (Å²) in [6.45, 7) is 11.2. The molecule has 4 rings (SSSR count). The van der Waals surface area contributed by atoms with Gasteiger partial charge >= 0.3 is 0 Å². The van der Waals surface area contributed by atoms with Crippen molar-refractivity contribution >= 4 is 11.8 Å². The molecule has 0 radical (unpaired) electrons. The van der Waals surface area contributed by atoms with Crippen LogP contribution in [-0.4, -0.2) is 86.8 Å². The minimum Gasteiger partial charge on any atom is -0.379 e. The van der Waals surface area contributed by atoms with Crippen LogP contribution in [-0.2, 0) is 20.9 Å². The van der Waals surface area contributed by atoms with Gasteiger partial charge in [0.15, 0.2) is 0 Å². The van der Waals surface area contributed by atoms with E-state index in [1.807, 2.05) is 52.0 Å². The monoisotopic (exact) mass is 537 g/mol. The average molecular weight is 538 g/mol. The second-order valence-corrected chi connectivity index (χ2v) is 10.7. The summed E-state index contributed by atoms with van der Waals surface area (Å²) in [7, 11) is 0. The second-order valence-electron chi connectivity index (χ2n) is 10.7. The molecule has 11 heteroatoms. The summed E-state index contributed by atoms with van der Waals surface area (Å²) in [6.07, 6.45) is 0. The highest BCUT2D eigenvalue weighted by molar-refractivity contribution is 5.89. The Bertz CT molecular complexity index is 1250. The Balaban J connectivity index is 1.62. The SMILES string of the molecule is Cc1ccc([C@H](C(=O)NC(C)(C)C)N(CCN2CCOCC2)C(=O)Cn2nnc(-c3ccc(F)cc3)n2)cc1. The maximum Gasteiger partial charge on any atom is 0.247 e. The highest BCUT2D eigenvalue weighted by atomic mass is 19.1. The van der Waals surface area contributed by atoms with Crippen molar-refractivity contribution in [3.05, 3.63) is 65.5 Å². The maximum atomic E-state index is 13.9. The summed E-state index contributed by atoms with van der Waals surface area (Å²) in [5.74, 6) is -0.669. The lowest BCUT2D eigenvalue weighted by Crippen LogP contribution is -2.52. The van der Waals surface area contributed by atoms with E-state index in [2.05, 4.69) is 25.6 Å². The summed E-state index contributed by atoms with van der Waals surface area (Å²) in [4.78, 5) is 32.6. The smallest absolute Gasteiger partial charge is 0.247 e. The molecule has 1 fully saturated rings. The van der Waals surface area contributed by atoms with E-state index < -0.39 is 11.6 Å². The number of nitrogens with one attached hydrogen (secondary N) is 1. The fourth-order valence-corrected chi connectivity index (χ4v) is 4.37. The molecule has 0 unspecified atom stereocenters. The number of rotatable bonds is 9. The van der Waals surface area contributed by atoms with Gasteiger partial charge in [0.05, 0.1) is 13.2 Å². The van der Waals surface area contributed by atoms with Crippen LogP contribution >= 0.6 is 0 Å². The van der Waals surface area contributed by atoms with Crippen molar-refractivity contribution in [2.45, 2.75) is 45.8 Å². The van der Waals surface area contributed by atoms with Gasteiger partial charge in [-0.3, -0.25) is 14.5 Å². The number of amides is 2. The predicted octanol–water partition coefficient (Wildman–Crippen LogP) is 2.60. The normalized spacial score (nSPS) is 15.1. The van der Waals surface area contributed by atoms with Gasteiger partial charge in [-0.25, -0.2) is 4.39 Å². The fourth-order valence-electron chi connectivity index (χ4n) is 4.37. The number of tetrazole rings is 1. The van der Waals surface area contributed by atoms with E-state index in [-0.39, 0.29) is 30.0 Å². The van der Waals surface area contributed by atoms with E-state index in [0.717, 1.165) is 24.2 Å². The molecular formula is C28H36FN7O3. The van der Waals surface area contributed by atoms with Crippen molar-refractivity contribution in [2.24, 2.45) is 0 Å². The number of halogens is 1. The largest absolute Gasteiger partial charge is 0.379 e. The molecule has 1 aliphatic rings. The minimum atomic E-state index is -0.849. The Morgan fingerprint density at radius 3 is 2.38 bits per heavy atom. The van der Waals surface area contributed by atoms with Crippen molar-refractivity contribution in [3.63, 3.8) is 0 Å². The lowest BCUT2D eigenvalue weighted by Gasteiger charge is -2.35. The fraction of sp³-hybridized carbons (Fsp3) is 0.464. The van der Waals surface area contributed by atoms with E-state index in [0.29, 0.717) is 31.9 Å². The van der Waals surface area contributed by atoms with Crippen LogP contribution in [0.15, 0.2) is 48.5 Å². The summed E-state index contributed by atoms with van der Waals surface area (Å²) in [6, 6.07) is 12.5. The summed E-state index contributed by atoms with van der Waals surface area (Å²) in [5.41, 5.74) is 1.87. The van der Waals surface area contributed by atoms with Crippen LogP contribution in [0.2, 0.25) is 0 Å². The standard InChI is InChI=1S/C28H36FN7O3/c1-20-5-7-21(8-6-20)25(27(38)30-28(2,3)4)35(14-13-34-15-17-39-18-16-34)24(37)19-36-32-26(31-33-36)22-9-11-23(29)12-10-22/h5-12,25H,13-19H2,1-4H3,(H,30,38)/t25-/m1/s1. The maximum absolute atomic E-state index is 13.9. The molecule has 2 aromatic carbocycles. The molecule has 1 aliphatic heterocycles. The van der Waals surface area contributed by atoms with E-state index in [1.54, 1.807) is 17.0 Å².